The van der Waals surface area contributed by atoms with Gasteiger partial charge in [0.2, 0.25) is 5.91 Å². The molecule has 1 fully saturated rings. The maximum Gasteiger partial charge on any atom is 0.237 e. The first-order chi connectivity index (χ1) is 12.0. The smallest absolute Gasteiger partial charge is 0.237 e. The lowest BCUT2D eigenvalue weighted by Gasteiger charge is -2.36. The number of likely N-dealkylation sites (tertiary alicyclic amines) is 1. The van der Waals surface area contributed by atoms with Gasteiger partial charge in [-0.15, -0.1) is 0 Å². The van der Waals surface area contributed by atoms with E-state index in [9.17, 15) is 4.79 Å². The number of hydrogen-bond acceptors (Lipinski definition) is 5. The van der Waals surface area contributed by atoms with Gasteiger partial charge in [-0.3, -0.25) is 9.69 Å². The lowest BCUT2D eigenvalue weighted by Crippen LogP contribution is -2.49. The third-order valence-electron chi connectivity index (χ3n) is 4.89. The van der Waals surface area contributed by atoms with Gasteiger partial charge in [-0.1, -0.05) is 0 Å². The largest absolute Gasteiger partial charge is 0.467 e. The van der Waals surface area contributed by atoms with Crippen LogP contribution in [0, 0.1) is 19.8 Å². The Bertz CT molecular complexity index is 694. The van der Waals surface area contributed by atoms with Gasteiger partial charge in [0.15, 0.2) is 0 Å². The summed E-state index contributed by atoms with van der Waals surface area (Å²) in [7, 11) is 0. The molecule has 2 aromatic heterocycles. The first-order valence-corrected chi connectivity index (χ1v) is 8.95. The van der Waals surface area contributed by atoms with Crippen molar-refractivity contribution in [1.29, 1.82) is 0 Å². The van der Waals surface area contributed by atoms with Crippen LogP contribution in [0.15, 0.2) is 22.8 Å². The second-order valence-electron chi connectivity index (χ2n) is 6.86. The van der Waals surface area contributed by atoms with Crippen molar-refractivity contribution in [3.05, 3.63) is 35.8 Å². The van der Waals surface area contributed by atoms with Gasteiger partial charge in [0.25, 0.3) is 0 Å². The van der Waals surface area contributed by atoms with E-state index in [1.54, 1.807) is 6.26 Å². The van der Waals surface area contributed by atoms with E-state index >= 15 is 0 Å². The molecule has 1 amide bonds. The van der Waals surface area contributed by atoms with Gasteiger partial charge >= 0.3 is 0 Å². The summed E-state index contributed by atoms with van der Waals surface area (Å²) >= 11 is 0. The molecule has 2 atom stereocenters. The Balaban J connectivity index is 1.53. The molecule has 3 heterocycles. The predicted octanol–water partition coefficient (Wildman–Crippen LogP) is 1.90. The number of carbonyl (C=O) groups excluding carboxylic acids is 1. The fraction of sp³-hybridized carbons (Fsp3) is 0.611. The van der Waals surface area contributed by atoms with Gasteiger partial charge in [-0.2, -0.15) is 5.10 Å². The van der Waals surface area contributed by atoms with Crippen LogP contribution in [0.1, 0.15) is 37.2 Å². The van der Waals surface area contributed by atoms with E-state index in [0.29, 0.717) is 12.5 Å². The number of furan rings is 1. The third kappa shape index (κ3) is 4.48. The molecule has 0 aromatic carbocycles. The van der Waals surface area contributed by atoms with Crippen molar-refractivity contribution in [2.24, 2.45) is 5.92 Å². The van der Waals surface area contributed by atoms with Crippen LogP contribution in [0.2, 0.25) is 0 Å². The summed E-state index contributed by atoms with van der Waals surface area (Å²) in [5, 5.41) is 7.42. The van der Waals surface area contributed by atoms with E-state index in [2.05, 4.69) is 20.3 Å². The van der Waals surface area contributed by atoms with E-state index in [-0.39, 0.29) is 11.9 Å². The lowest BCUT2D eigenvalue weighted by atomic mass is 9.96. The number of amides is 1. The van der Waals surface area contributed by atoms with Gasteiger partial charge in [-0.05, 0) is 58.2 Å². The zero-order valence-electron chi connectivity index (χ0n) is 15.2. The maximum atomic E-state index is 12.4. The van der Waals surface area contributed by atoms with Crippen molar-refractivity contribution in [2.75, 3.05) is 13.1 Å². The highest BCUT2D eigenvalue weighted by molar-refractivity contribution is 5.81. The number of aromatic nitrogens is 3. The number of piperidine rings is 1. The van der Waals surface area contributed by atoms with Gasteiger partial charge in [0.05, 0.1) is 18.8 Å². The second-order valence-corrected chi connectivity index (χ2v) is 6.86. The molecule has 2 aromatic rings. The van der Waals surface area contributed by atoms with E-state index in [1.807, 2.05) is 37.6 Å². The van der Waals surface area contributed by atoms with Crippen molar-refractivity contribution in [3.8, 4) is 0 Å². The molecule has 1 saturated heterocycles. The standard InChI is InChI=1S/C18H27N5O2/c1-13(18(24)19-10-17-7-5-9-25-17)22-8-4-6-16(11-22)12-23-15(3)20-14(2)21-23/h5,7,9,13,16H,4,6,8,10-12H2,1-3H3,(H,19,24). The van der Waals surface area contributed by atoms with Crippen LogP contribution in [0.4, 0.5) is 0 Å². The van der Waals surface area contributed by atoms with Crippen molar-refractivity contribution < 1.29 is 9.21 Å². The first kappa shape index (κ1) is 17.7. The molecule has 7 heteroatoms. The van der Waals surface area contributed by atoms with Gasteiger partial charge in [0, 0.05) is 13.1 Å². The number of hydrogen-bond donors (Lipinski definition) is 1. The fourth-order valence-corrected chi connectivity index (χ4v) is 3.48. The Morgan fingerprint density at radius 2 is 2.32 bits per heavy atom. The fourth-order valence-electron chi connectivity index (χ4n) is 3.48. The third-order valence-corrected chi connectivity index (χ3v) is 4.89. The van der Waals surface area contributed by atoms with Crippen LogP contribution in [-0.4, -0.2) is 44.7 Å². The highest BCUT2D eigenvalue weighted by atomic mass is 16.3. The van der Waals surface area contributed by atoms with Crippen molar-refractivity contribution in [2.45, 2.75) is 52.7 Å². The molecule has 0 bridgehead atoms. The quantitative estimate of drug-likeness (QED) is 0.865. The van der Waals surface area contributed by atoms with E-state index in [1.165, 1.54) is 0 Å². The number of aryl methyl sites for hydroxylation is 2. The Morgan fingerprint density at radius 1 is 1.48 bits per heavy atom. The molecular weight excluding hydrogens is 318 g/mol. The average molecular weight is 345 g/mol. The highest BCUT2D eigenvalue weighted by Gasteiger charge is 2.28. The molecule has 0 spiro atoms. The number of nitrogens with one attached hydrogen (secondary N) is 1. The summed E-state index contributed by atoms with van der Waals surface area (Å²) in [5.74, 6) is 3.09. The van der Waals surface area contributed by atoms with Gasteiger partial charge in [0.1, 0.15) is 17.4 Å². The summed E-state index contributed by atoms with van der Waals surface area (Å²) in [5.41, 5.74) is 0. The second kappa shape index (κ2) is 7.82. The predicted molar refractivity (Wildman–Crippen MR) is 93.8 cm³/mol. The van der Waals surface area contributed by atoms with Crippen LogP contribution < -0.4 is 5.32 Å². The summed E-state index contributed by atoms with van der Waals surface area (Å²) in [6.07, 6.45) is 3.89. The number of carbonyl (C=O) groups is 1. The zero-order chi connectivity index (χ0) is 17.8. The Kier molecular flexibility index (Phi) is 5.53. The van der Waals surface area contributed by atoms with Crippen LogP contribution in [0.3, 0.4) is 0 Å². The SMILES string of the molecule is Cc1nc(C)n(CC2CCCN(C(C)C(=O)NCc3ccco3)C2)n1. The lowest BCUT2D eigenvalue weighted by molar-refractivity contribution is -0.126. The van der Waals surface area contributed by atoms with Crippen molar-refractivity contribution in [1.82, 2.24) is 25.0 Å². The molecule has 0 saturated carbocycles. The average Bonchev–Trinajstić information content (AvgIpc) is 3.22. The molecule has 7 nitrogen and oxygen atoms in total. The zero-order valence-corrected chi connectivity index (χ0v) is 15.2. The molecule has 2 unspecified atom stereocenters. The molecule has 1 N–H and O–H groups in total. The van der Waals surface area contributed by atoms with E-state index < -0.39 is 0 Å². The Morgan fingerprint density at radius 3 is 3.00 bits per heavy atom. The van der Waals surface area contributed by atoms with Crippen LogP contribution >= 0.6 is 0 Å². The summed E-state index contributed by atoms with van der Waals surface area (Å²) in [4.78, 5) is 19.1. The maximum absolute atomic E-state index is 12.4. The molecular formula is C18H27N5O2. The van der Waals surface area contributed by atoms with Gasteiger partial charge in [-0.25, -0.2) is 9.67 Å². The van der Waals surface area contributed by atoms with Crippen molar-refractivity contribution in [3.63, 3.8) is 0 Å². The molecule has 0 aliphatic carbocycles. The molecule has 25 heavy (non-hydrogen) atoms. The van der Waals surface area contributed by atoms with Crippen LogP contribution in [-0.2, 0) is 17.9 Å². The molecule has 136 valence electrons. The van der Waals surface area contributed by atoms with E-state index in [4.69, 9.17) is 4.42 Å². The number of rotatable bonds is 6. The molecule has 1 aliphatic heterocycles. The Hall–Kier alpha value is -2.15. The number of nitrogens with zero attached hydrogens (tertiary/aromatic N) is 4. The Labute approximate surface area is 148 Å². The van der Waals surface area contributed by atoms with E-state index in [0.717, 1.165) is 49.9 Å². The van der Waals surface area contributed by atoms with Crippen LogP contribution in [0.25, 0.3) is 0 Å². The molecule has 1 aliphatic rings. The van der Waals surface area contributed by atoms with Gasteiger partial charge < -0.3 is 9.73 Å². The van der Waals surface area contributed by atoms with Crippen LogP contribution in [0.5, 0.6) is 0 Å². The topological polar surface area (TPSA) is 76.2 Å². The highest BCUT2D eigenvalue weighted by Crippen LogP contribution is 2.20. The normalized spacial score (nSPS) is 19.7. The summed E-state index contributed by atoms with van der Waals surface area (Å²) in [6, 6.07) is 3.55. The molecule has 0 radical (unpaired) electrons. The minimum absolute atomic E-state index is 0.0461. The molecule has 3 rings (SSSR count). The van der Waals surface area contributed by atoms with Crippen molar-refractivity contribution >= 4 is 5.91 Å². The first-order valence-electron chi connectivity index (χ1n) is 8.95. The summed E-state index contributed by atoms with van der Waals surface area (Å²) in [6.45, 7) is 9.06. The minimum atomic E-state index is -0.142. The summed E-state index contributed by atoms with van der Waals surface area (Å²) < 4.78 is 7.25. The minimum Gasteiger partial charge on any atom is -0.467 e. The monoisotopic (exact) mass is 345 g/mol.